The molecule has 2 aromatic carbocycles. The van der Waals surface area contributed by atoms with Crippen LogP contribution in [0, 0.1) is 0 Å². The number of benzene rings is 2. The van der Waals surface area contributed by atoms with Gasteiger partial charge < -0.3 is 15.8 Å². The Labute approximate surface area is 154 Å². The molecule has 3 N–H and O–H groups in total. The van der Waals surface area contributed by atoms with E-state index in [0.717, 1.165) is 22.2 Å². The number of anilines is 2. The molecular formula is C18H18BrN5O. The SMILES string of the molecule is COc1ccc([C@@H]2C[C@H](c3ccc(Br)cc3)Nc3nc(N)nn32)cc1. The van der Waals surface area contributed by atoms with Gasteiger partial charge in [-0.05, 0) is 41.8 Å². The maximum atomic E-state index is 5.84. The first-order valence-electron chi connectivity index (χ1n) is 8.02. The normalized spacial score (nSPS) is 19.1. The Balaban J connectivity index is 1.72. The summed E-state index contributed by atoms with van der Waals surface area (Å²) in [5.41, 5.74) is 8.19. The summed E-state index contributed by atoms with van der Waals surface area (Å²) in [5, 5.41) is 7.82. The first-order chi connectivity index (χ1) is 12.1. The van der Waals surface area contributed by atoms with E-state index in [0.29, 0.717) is 5.95 Å². The standard InChI is InChI=1S/C18H18BrN5O/c1-25-14-8-4-12(5-9-14)16-10-15(11-2-6-13(19)7-3-11)21-18-22-17(20)23-24(16)18/h2-9,15-16H,10H2,1H3,(H3,20,21,22,23)/t15-,16+/m1/s1. The van der Waals surface area contributed by atoms with Crippen LogP contribution >= 0.6 is 15.9 Å². The van der Waals surface area contributed by atoms with Gasteiger partial charge in [-0.3, -0.25) is 0 Å². The number of rotatable bonds is 3. The molecule has 1 aliphatic heterocycles. The minimum absolute atomic E-state index is 0.0561. The fraction of sp³-hybridized carbons (Fsp3) is 0.222. The van der Waals surface area contributed by atoms with E-state index in [4.69, 9.17) is 10.5 Å². The van der Waals surface area contributed by atoms with Crippen LogP contribution in [0.5, 0.6) is 5.75 Å². The topological polar surface area (TPSA) is 78.0 Å². The van der Waals surface area contributed by atoms with Crippen LogP contribution < -0.4 is 15.8 Å². The molecule has 6 nitrogen and oxygen atoms in total. The Kier molecular flexibility index (Phi) is 4.09. The van der Waals surface area contributed by atoms with Gasteiger partial charge in [-0.1, -0.05) is 40.2 Å². The van der Waals surface area contributed by atoms with Crippen molar-refractivity contribution in [2.75, 3.05) is 18.2 Å². The molecule has 0 aliphatic carbocycles. The van der Waals surface area contributed by atoms with Crippen molar-refractivity contribution in [3.8, 4) is 5.75 Å². The smallest absolute Gasteiger partial charge is 0.241 e. The third-order valence-electron chi connectivity index (χ3n) is 4.48. The van der Waals surface area contributed by atoms with Crippen LogP contribution in [0.3, 0.4) is 0 Å². The van der Waals surface area contributed by atoms with Crippen molar-refractivity contribution >= 4 is 27.8 Å². The first kappa shape index (κ1) is 16.0. The van der Waals surface area contributed by atoms with E-state index in [9.17, 15) is 0 Å². The lowest BCUT2D eigenvalue weighted by Gasteiger charge is -2.31. The molecule has 1 aromatic heterocycles. The lowest BCUT2D eigenvalue weighted by molar-refractivity contribution is 0.411. The molecule has 0 fully saturated rings. The second kappa shape index (κ2) is 6.40. The third-order valence-corrected chi connectivity index (χ3v) is 5.01. The number of aromatic nitrogens is 3. The van der Waals surface area contributed by atoms with Gasteiger partial charge in [-0.25, -0.2) is 4.68 Å². The molecule has 128 valence electrons. The number of hydrogen-bond donors (Lipinski definition) is 2. The van der Waals surface area contributed by atoms with Crippen molar-refractivity contribution in [2.45, 2.75) is 18.5 Å². The predicted molar refractivity (Wildman–Crippen MR) is 101 cm³/mol. The molecule has 0 saturated heterocycles. The van der Waals surface area contributed by atoms with Crippen molar-refractivity contribution in [1.82, 2.24) is 14.8 Å². The summed E-state index contributed by atoms with van der Waals surface area (Å²) < 4.78 is 8.19. The zero-order chi connectivity index (χ0) is 17.4. The zero-order valence-corrected chi connectivity index (χ0v) is 15.3. The molecule has 3 aromatic rings. The van der Waals surface area contributed by atoms with Crippen molar-refractivity contribution in [3.63, 3.8) is 0 Å². The van der Waals surface area contributed by atoms with E-state index in [2.05, 4.69) is 55.6 Å². The maximum absolute atomic E-state index is 5.84. The van der Waals surface area contributed by atoms with E-state index in [-0.39, 0.29) is 18.0 Å². The number of nitrogens with two attached hydrogens (primary N) is 1. The van der Waals surface area contributed by atoms with Gasteiger partial charge in [0.2, 0.25) is 11.9 Å². The minimum Gasteiger partial charge on any atom is -0.497 e. The van der Waals surface area contributed by atoms with Gasteiger partial charge >= 0.3 is 0 Å². The molecule has 25 heavy (non-hydrogen) atoms. The average Bonchev–Trinajstić information content (AvgIpc) is 3.01. The summed E-state index contributed by atoms with van der Waals surface area (Å²) >= 11 is 3.49. The van der Waals surface area contributed by atoms with Crippen LogP contribution in [-0.4, -0.2) is 21.9 Å². The van der Waals surface area contributed by atoms with Crippen molar-refractivity contribution in [2.24, 2.45) is 0 Å². The highest BCUT2D eigenvalue weighted by Crippen LogP contribution is 2.38. The second-order valence-corrected chi connectivity index (χ2v) is 6.93. The molecule has 0 unspecified atom stereocenters. The number of methoxy groups -OCH3 is 1. The molecule has 2 heterocycles. The highest BCUT2D eigenvalue weighted by Gasteiger charge is 2.30. The molecule has 0 amide bonds. The van der Waals surface area contributed by atoms with Gasteiger partial charge in [0.05, 0.1) is 19.2 Å². The number of hydrogen-bond acceptors (Lipinski definition) is 5. The Morgan fingerprint density at radius 2 is 1.80 bits per heavy atom. The second-order valence-electron chi connectivity index (χ2n) is 6.01. The number of halogens is 1. The van der Waals surface area contributed by atoms with Gasteiger partial charge in [-0.15, -0.1) is 5.10 Å². The van der Waals surface area contributed by atoms with Gasteiger partial charge in [0, 0.05) is 4.47 Å². The van der Waals surface area contributed by atoms with Crippen LogP contribution in [0.15, 0.2) is 53.0 Å². The first-order valence-corrected chi connectivity index (χ1v) is 8.81. The van der Waals surface area contributed by atoms with Gasteiger partial charge in [0.25, 0.3) is 0 Å². The van der Waals surface area contributed by atoms with Crippen LogP contribution in [0.25, 0.3) is 0 Å². The van der Waals surface area contributed by atoms with Crippen LogP contribution in [-0.2, 0) is 0 Å². The highest BCUT2D eigenvalue weighted by molar-refractivity contribution is 9.10. The lowest BCUT2D eigenvalue weighted by atomic mass is 9.93. The van der Waals surface area contributed by atoms with Crippen molar-refractivity contribution in [1.29, 1.82) is 0 Å². The fourth-order valence-corrected chi connectivity index (χ4v) is 3.48. The van der Waals surface area contributed by atoms with Crippen LogP contribution in [0.4, 0.5) is 11.9 Å². The Morgan fingerprint density at radius 3 is 2.48 bits per heavy atom. The highest BCUT2D eigenvalue weighted by atomic mass is 79.9. The van der Waals surface area contributed by atoms with Crippen molar-refractivity contribution in [3.05, 3.63) is 64.1 Å². The summed E-state index contributed by atoms with van der Waals surface area (Å²) in [4.78, 5) is 4.34. The summed E-state index contributed by atoms with van der Waals surface area (Å²) in [6, 6.07) is 16.6. The van der Waals surface area contributed by atoms with Crippen LogP contribution in [0.1, 0.15) is 29.6 Å². The van der Waals surface area contributed by atoms with E-state index in [1.54, 1.807) is 7.11 Å². The van der Waals surface area contributed by atoms with Gasteiger partial charge in [0.1, 0.15) is 5.75 Å². The number of nitrogens with zero attached hydrogens (tertiary/aromatic N) is 3. The Bertz CT molecular complexity index is 875. The average molecular weight is 400 g/mol. The third kappa shape index (κ3) is 3.07. The molecular weight excluding hydrogens is 382 g/mol. The number of nitrogens with one attached hydrogen (secondary N) is 1. The van der Waals surface area contributed by atoms with E-state index in [1.165, 1.54) is 5.56 Å². The quantitative estimate of drug-likeness (QED) is 0.700. The fourth-order valence-electron chi connectivity index (χ4n) is 3.21. The van der Waals surface area contributed by atoms with Gasteiger partial charge in [-0.2, -0.15) is 4.98 Å². The minimum atomic E-state index is 0.0561. The predicted octanol–water partition coefficient (Wildman–Crippen LogP) is 3.78. The molecule has 0 spiro atoms. The molecule has 7 heteroatoms. The number of ether oxygens (including phenoxy) is 1. The zero-order valence-electron chi connectivity index (χ0n) is 13.7. The van der Waals surface area contributed by atoms with Crippen LogP contribution in [0.2, 0.25) is 0 Å². The molecule has 4 rings (SSSR count). The Hall–Kier alpha value is -2.54. The molecule has 0 bridgehead atoms. The monoisotopic (exact) mass is 399 g/mol. The summed E-state index contributed by atoms with van der Waals surface area (Å²) in [6.07, 6.45) is 0.851. The summed E-state index contributed by atoms with van der Waals surface area (Å²) in [7, 11) is 1.67. The molecule has 1 aliphatic rings. The van der Waals surface area contributed by atoms with Crippen molar-refractivity contribution < 1.29 is 4.74 Å². The molecule has 2 atom stereocenters. The maximum Gasteiger partial charge on any atom is 0.241 e. The van der Waals surface area contributed by atoms with E-state index < -0.39 is 0 Å². The van der Waals surface area contributed by atoms with Gasteiger partial charge in [0.15, 0.2) is 0 Å². The largest absolute Gasteiger partial charge is 0.497 e. The summed E-state index contributed by atoms with van der Waals surface area (Å²) in [5.74, 6) is 1.80. The van der Waals surface area contributed by atoms with E-state index >= 15 is 0 Å². The molecule has 0 saturated carbocycles. The number of fused-ring (bicyclic) bond motifs is 1. The number of nitrogen functional groups attached to an aromatic ring is 1. The summed E-state index contributed by atoms with van der Waals surface area (Å²) in [6.45, 7) is 0. The Morgan fingerprint density at radius 1 is 1.12 bits per heavy atom. The van der Waals surface area contributed by atoms with E-state index in [1.807, 2.05) is 28.9 Å². The lowest BCUT2D eigenvalue weighted by Crippen LogP contribution is -2.28. The molecule has 0 radical (unpaired) electrons.